The van der Waals surface area contributed by atoms with Crippen LogP contribution in [0.15, 0.2) is 0 Å². The molecule has 0 amide bonds. The SMILES string of the molecule is COCCN(c1nc(NN)nc(N2CCCC2)n1)C(C)C. The van der Waals surface area contributed by atoms with Gasteiger partial charge in [0.15, 0.2) is 0 Å². The van der Waals surface area contributed by atoms with Crippen LogP contribution in [0.4, 0.5) is 17.8 Å². The fourth-order valence-electron chi connectivity index (χ4n) is 2.38. The summed E-state index contributed by atoms with van der Waals surface area (Å²) < 4.78 is 5.17. The lowest BCUT2D eigenvalue weighted by atomic mass is 10.3. The molecule has 1 saturated heterocycles. The van der Waals surface area contributed by atoms with Gasteiger partial charge in [0, 0.05) is 32.8 Å². The van der Waals surface area contributed by atoms with Crippen LogP contribution in [-0.2, 0) is 4.74 Å². The van der Waals surface area contributed by atoms with Gasteiger partial charge in [0.25, 0.3) is 0 Å². The molecule has 3 N–H and O–H groups in total. The second-order valence-corrected chi connectivity index (χ2v) is 5.38. The fourth-order valence-corrected chi connectivity index (χ4v) is 2.38. The third kappa shape index (κ3) is 3.92. The Morgan fingerprint density at radius 1 is 1.29 bits per heavy atom. The van der Waals surface area contributed by atoms with Gasteiger partial charge in [0.1, 0.15) is 0 Å². The van der Waals surface area contributed by atoms with Crippen molar-refractivity contribution in [3.8, 4) is 0 Å². The summed E-state index contributed by atoms with van der Waals surface area (Å²) in [5.41, 5.74) is 2.53. The largest absolute Gasteiger partial charge is 0.383 e. The Bertz CT molecular complexity index is 448. The molecule has 1 fully saturated rings. The first-order valence-corrected chi connectivity index (χ1v) is 7.39. The monoisotopic (exact) mass is 295 g/mol. The number of hydrazine groups is 1. The molecule has 0 aliphatic carbocycles. The summed E-state index contributed by atoms with van der Waals surface area (Å²) in [5, 5.41) is 0. The number of nitrogens with two attached hydrogens (primary N) is 1. The number of nitrogen functional groups attached to an aromatic ring is 1. The highest BCUT2D eigenvalue weighted by Crippen LogP contribution is 2.21. The van der Waals surface area contributed by atoms with E-state index in [9.17, 15) is 0 Å². The molecule has 21 heavy (non-hydrogen) atoms. The van der Waals surface area contributed by atoms with Crippen LogP contribution in [0, 0.1) is 0 Å². The minimum absolute atomic E-state index is 0.264. The molecule has 0 atom stereocenters. The third-order valence-electron chi connectivity index (χ3n) is 3.55. The summed E-state index contributed by atoms with van der Waals surface area (Å²) in [7, 11) is 1.69. The zero-order valence-corrected chi connectivity index (χ0v) is 13.0. The van der Waals surface area contributed by atoms with Crippen molar-refractivity contribution in [2.75, 3.05) is 48.6 Å². The molecule has 0 unspecified atom stereocenters. The molecule has 1 aliphatic rings. The van der Waals surface area contributed by atoms with Gasteiger partial charge in [-0.05, 0) is 26.7 Å². The van der Waals surface area contributed by atoms with Gasteiger partial charge in [-0.1, -0.05) is 0 Å². The first-order chi connectivity index (χ1) is 10.2. The molecule has 2 heterocycles. The van der Waals surface area contributed by atoms with Crippen LogP contribution in [0.25, 0.3) is 0 Å². The normalized spacial score (nSPS) is 14.8. The Morgan fingerprint density at radius 2 is 2.00 bits per heavy atom. The number of aromatic nitrogens is 3. The lowest BCUT2D eigenvalue weighted by Gasteiger charge is -2.27. The number of methoxy groups -OCH3 is 1. The highest BCUT2D eigenvalue weighted by molar-refractivity contribution is 5.45. The van der Waals surface area contributed by atoms with Gasteiger partial charge in [-0.3, -0.25) is 5.43 Å². The summed E-state index contributed by atoms with van der Waals surface area (Å²) in [6.45, 7) is 7.51. The maximum atomic E-state index is 5.50. The summed E-state index contributed by atoms with van der Waals surface area (Å²) in [4.78, 5) is 17.6. The number of nitrogens with one attached hydrogen (secondary N) is 1. The highest BCUT2D eigenvalue weighted by atomic mass is 16.5. The van der Waals surface area contributed by atoms with Crippen molar-refractivity contribution < 1.29 is 4.74 Å². The predicted molar refractivity (Wildman–Crippen MR) is 83.4 cm³/mol. The zero-order valence-electron chi connectivity index (χ0n) is 13.0. The van der Waals surface area contributed by atoms with Crippen molar-refractivity contribution in [3.63, 3.8) is 0 Å². The van der Waals surface area contributed by atoms with E-state index < -0.39 is 0 Å². The number of nitrogens with zero attached hydrogens (tertiary/aromatic N) is 5. The van der Waals surface area contributed by atoms with E-state index in [1.165, 1.54) is 12.8 Å². The van der Waals surface area contributed by atoms with Crippen LogP contribution < -0.4 is 21.1 Å². The lowest BCUT2D eigenvalue weighted by molar-refractivity contribution is 0.203. The first kappa shape index (κ1) is 15.7. The Labute approximate surface area is 125 Å². The van der Waals surface area contributed by atoms with Crippen molar-refractivity contribution >= 4 is 17.8 Å². The lowest BCUT2D eigenvalue weighted by Crippen LogP contribution is -2.36. The Kier molecular flexibility index (Phi) is 5.51. The van der Waals surface area contributed by atoms with Gasteiger partial charge in [0.2, 0.25) is 17.8 Å². The molecule has 1 aromatic rings. The van der Waals surface area contributed by atoms with E-state index in [1.54, 1.807) is 7.11 Å². The minimum atomic E-state index is 0.264. The van der Waals surface area contributed by atoms with Crippen molar-refractivity contribution in [1.82, 2.24) is 15.0 Å². The highest BCUT2D eigenvalue weighted by Gasteiger charge is 2.20. The van der Waals surface area contributed by atoms with Gasteiger partial charge in [-0.15, -0.1) is 0 Å². The Balaban J connectivity index is 2.29. The van der Waals surface area contributed by atoms with E-state index in [4.69, 9.17) is 10.6 Å². The molecule has 118 valence electrons. The van der Waals surface area contributed by atoms with Gasteiger partial charge in [-0.25, -0.2) is 5.84 Å². The van der Waals surface area contributed by atoms with Crippen molar-refractivity contribution in [1.29, 1.82) is 0 Å². The fraction of sp³-hybridized carbons (Fsp3) is 0.769. The van der Waals surface area contributed by atoms with Crippen LogP contribution in [0.5, 0.6) is 0 Å². The molecule has 0 saturated carbocycles. The average Bonchev–Trinajstić information content (AvgIpc) is 3.01. The van der Waals surface area contributed by atoms with E-state index in [2.05, 4.69) is 44.0 Å². The number of ether oxygens (including phenoxy) is 1. The van der Waals surface area contributed by atoms with Crippen molar-refractivity contribution in [2.45, 2.75) is 32.7 Å². The smallest absolute Gasteiger partial charge is 0.243 e. The summed E-state index contributed by atoms with van der Waals surface area (Å²) in [5.74, 6) is 7.21. The molecule has 1 aromatic heterocycles. The summed E-state index contributed by atoms with van der Waals surface area (Å²) in [6.07, 6.45) is 2.34. The molecule has 0 spiro atoms. The van der Waals surface area contributed by atoms with Crippen molar-refractivity contribution in [2.24, 2.45) is 5.84 Å². The maximum Gasteiger partial charge on any atom is 0.243 e. The predicted octanol–water partition coefficient (Wildman–Crippen LogP) is 0.619. The third-order valence-corrected chi connectivity index (χ3v) is 3.55. The molecule has 1 aliphatic heterocycles. The Morgan fingerprint density at radius 3 is 2.57 bits per heavy atom. The van der Waals surface area contributed by atoms with E-state index in [0.717, 1.165) is 19.6 Å². The second kappa shape index (κ2) is 7.37. The number of rotatable bonds is 7. The molecule has 0 bridgehead atoms. The van der Waals surface area contributed by atoms with Gasteiger partial charge in [-0.2, -0.15) is 15.0 Å². The standard InChI is InChI=1S/C13H25N7O/c1-10(2)20(8-9-21-3)13-16-11(18-14)15-12(17-13)19-6-4-5-7-19/h10H,4-9,14H2,1-3H3,(H,15,16,17,18). The van der Waals surface area contributed by atoms with E-state index in [1.807, 2.05) is 0 Å². The quantitative estimate of drug-likeness (QED) is 0.558. The molecule has 8 nitrogen and oxygen atoms in total. The summed E-state index contributed by atoms with van der Waals surface area (Å²) in [6, 6.07) is 0.264. The molecular weight excluding hydrogens is 270 g/mol. The molecule has 8 heteroatoms. The first-order valence-electron chi connectivity index (χ1n) is 7.39. The number of hydrogen-bond donors (Lipinski definition) is 2. The molecule has 0 radical (unpaired) electrons. The van der Waals surface area contributed by atoms with Crippen LogP contribution >= 0.6 is 0 Å². The number of hydrogen-bond acceptors (Lipinski definition) is 8. The van der Waals surface area contributed by atoms with E-state index in [0.29, 0.717) is 24.5 Å². The average molecular weight is 295 g/mol. The number of anilines is 3. The summed E-state index contributed by atoms with van der Waals surface area (Å²) >= 11 is 0. The van der Waals surface area contributed by atoms with Crippen LogP contribution in [0.2, 0.25) is 0 Å². The van der Waals surface area contributed by atoms with E-state index >= 15 is 0 Å². The van der Waals surface area contributed by atoms with Gasteiger partial charge >= 0.3 is 0 Å². The maximum absolute atomic E-state index is 5.50. The van der Waals surface area contributed by atoms with Gasteiger partial charge in [0.05, 0.1) is 6.61 Å². The molecule has 2 rings (SSSR count). The Hall–Kier alpha value is -1.67. The topological polar surface area (TPSA) is 92.4 Å². The van der Waals surface area contributed by atoms with Crippen molar-refractivity contribution in [3.05, 3.63) is 0 Å². The van der Waals surface area contributed by atoms with E-state index in [-0.39, 0.29) is 6.04 Å². The second-order valence-electron chi connectivity index (χ2n) is 5.38. The van der Waals surface area contributed by atoms with Gasteiger partial charge < -0.3 is 14.5 Å². The van der Waals surface area contributed by atoms with Crippen LogP contribution in [-0.4, -0.2) is 54.3 Å². The molecular formula is C13H25N7O. The zero-order chi connectivity index (χ0) is 15.2. The van der Waals surface area contributed by atoms with Crippen LogP contribution in [0.1, 0.15) is 26.7 Å². The minimum Gasteiger partial charge on any atom is -0.383 e. The van der Waals surface area contributed by atoms with Crippen LogP contribution in [0.3, 0.4) is 0 Å². The molecule has 0 aromatic carbocycles.